The Morgan fingerprint density at radius 2 is 2.03 bits per heavy atom. The number of thioether (sulfide) groups is 1. The zero-order chi connectivity index (χ0) is 21.3. The highest BCUT2D eigenvalue weighted by Crippen LogP contribution is 2.44. The van der Waals surface area contributed by atoms with E-state index < -0.39 is 12.8 Å². The number of nitrogens with zero attached hydrogens (tertiary/aromatic N) is 4. The summed E-state index contributed by atoms with van der Waals surface area (Å²) >= 11 is 1.73. The van der Waals surface area contributed by atoms with Crippen molar-refractivity contribution in [1.29, 1.82) is 0 Å². The minimum absolute atomic E-state index is 0.0601. The number of imidazole rings is 1. The van der Waals surface area contributed by atoms with Crippen LogP contribution in [0, 0.1) is 0 Å². The van der Waals surface area contributed by atoms with E-state index in [1.165, 1.54) is 6.33 Å². The first-order valence-electron chi connectivity index (χ1n) is 10.2. The van der Waals surface area contributed by atoms with Gasteiger partial charge in [0.1, 0.15) is 18.5 Å². The van der Waals surface area contributed by atoms with Crippen LogP contribution in [-0.4, -0.2) is 80.8 Å². The van der Waals surface area contributed by atoms with Gasteiger partial charge in [-0.05, 0) is 39.9 Å². The molecule has 12 heteroatoms. The van der Waals surface area contributed by atoms with Gasteiger partial charge in [-0.15, -0.1) is 0 Å². The Balaban J connectivity index is 1.52. The van der Waals surface area contributed by atoms with Gasteiger partial charge in [-0.3, -0.25) is 4.57 Å². The summed E-state index contributed by atoms with van der Waals surface area (Å²) in [5, 5.41) is 15.5. The second-order valence-electron chi connectivity index (χ2n) is 8.04. The fourth-order valence-electron chi connectivity index (χ4n) is 3.96. The van der Waals surface area contributed by atoms with Crippen LogP contribution < -0.4 is 10.5 Å². The number of hydrogen-bond acceptors (Lipinski definition) is 10. The summed E-state index contributed by atoms with van der Waals surface area (Å²) in [6, 6.07) is 0. The molecule has 30 heavy (non-hydrogen) atoms. The maximum Gasteiger partial charge on any atom is 0.373 e. The van der Waals surface area contributed by atoms with E-state index in [0.29, 0.717) is 30.1 Å². The van der Waals surface area contributed by atoms with E-state index in [-0.39, 0.29) is 24.5 Å². The van der Waals surface area contributed by atoms with Crippen LogP contribution in [0.1, 0.15) is 26.5 Å². The zero-order valence-electron chi connectivity index (χ0n) is 17.7. The third-order valence-electron chi connectivity index (χ3n) is 5.17. The second kappa shape index (κ2) is 8.97. The summed E-state index contributed by atoms with van der Waals surface area (Å²) in [6.45, 7) is 6.97. The molecule has 0 aliphatic carbocycles. The van der Waals surface area contributed by atoms with Crippen molar-refractivity contribution in [2.45, 2.75) is 57.4 Å². The Morgan fingerprint density at radius 1 is 1.23 bits per heavy atom. The molecule has 2 aromatic heterocycles. The van der Waals surface area contributed by atoms with E-state index in [1.807, 2.05) is 18.4 Å². The van der Waals surface area contributed by atoms with Crippen molar-refractivity contribution in [3.63, 3.8) is 0 Å². The van der Waals surface area contributed by atoms with Gasteiger partial charge in [0.2, 0.25) is 0 Å². The van der Waals surface area contributed by atoms with Crippen LogP contribution in [0.2, 0.25) is 6.82 Å². The largest absolute Gasteiger partial charge is 0.437 e. The molecule has 0 radical (unpaired) electrons. The number of aromatic nitrogens is 4. The molecule has 3 N–H and O–H groups in total. The van der Waals surface area contributed by atoms with Crippen molar-refractivity contribution in [3.8, 4) is 0 Å². The SMILES string of the molecule is CSC[C@H]1O[C@@H](n2cnc3c(NCCCNB(C)O)ncnc32)[C@@H]2OC(C)(C)O[C@@H]21. The van der Waals surface area contributed by atoms with Gasteiger partial charge in [0, 0.05) is 12.3 Å². The van der Waals surface area contributed by atoms with Crippen LogP contribution in [0.25, 0.3) is 11.2 Å². The van der Waals surface area contributed by atoms with Gasteiger partial charge in [0.15, 0.2) is 29.0 Å². The minimum Gasteiger partial charge on any atom is -0.437 e. The third kappa shape index (κ3) is 4.44. The van der Waals surface area contributed by atoms with Gasteiger partial charge in [-0.2, -0.15) is 11.8 Å². The summed E-state index contributed by atoms with van der Waals surface area (Å²) < 4.78 is 20.6. The molecule has 4 atom stereocenters. The molecular formula is C18H29BN6O4S. The van der Waals surface area contributed by atoms with Crippen LogP contribution in [-0.2, 0) is 14.2 Å². The Hall–Kier alpha value is -1.44. The predicted molar refractivity (Wildman–Crippen MR) is 116 cm³/mol. The van der Waals surface area contributed by atoms with Crippen LogP contribution in [0.3, 0.4) is 0 Å². The van der Waals surface area contributed by atoms with Crippen LogP contribution >= 0.6 is 11.8 Å². The molecule has 0 bridgehead atoms. The molecule has 164 valence electrons. The summed E-state index contributed by atoms with van der Waals surface area (Å²) in [5.41, 5.74) is 1.38. The Labute approximate surface area is 180 Å². The highest BCUT2D eigenvalue weighted by molar-refractivity contribution is 7.98. The summed E-state index contributed by atoms with van der Waals surface area (Å²) in [4.78, 5) is 13.4. The van der Waals surface area contributed by atoms with E-state index in [9.17, 15) is 5.02 Å². The van der Waals surface area contributed by atoms with E-state index in [4.69, 9.17) is 14.2 Å². The number of hydrogen-bond donors (Lipinski definition) is 3. The highest BCUT2D eigenvalue weighted by Gasteiger charge is 2.55. The molecule has 0 spiro atoms. The number of ether oxygens (including phenoxy) is 3. The third-order valence-corrected chi connectivity index (χ3v) is 5.84. The lowest BCUT2D eigenvalue weighted by Gasteiger charge is -2.24. The monoisotopic (exact) mass is 436 g/mol. The smallest absolute Gasteiger partial charge is 0.373 e. The van der Waals surface area contributed by atoms with E-state index >= 15 is 0 Å². The average Bonchev–Trinajstić information content (AvgIpc) is 3.33. The molecule has 2 aliphatic heterocycles. The molecule has 2 aromatic rings. The lowest BCUT2D eigenvalue weighted by Crippen LogP contribution is -2.32. The molecule has 0 unspecified atom stereocenters. The first-order chi connectivity index (χ1) is 14.4. The Morgan fingerprint density at radius 3 is 2.80 bits per heavy atom. The van der Waals surface area contributed by atoms with Crippen molar-refractivity contribution >= 4 is 35.8 Å². The number of anilines is 1. The second-order valence-corrected chi connectivity index (χ2v) is 8.95. The van der Waals surface area contributed by atoms with Crippen LogP contribution in [0.15, 0.2) is 12.7 Å². The highest BCUT2D eigenvalue weighted by atomic mass is 32.2. The molecule has 4 rings (SSSR count). The number of rotatable bonds is 9. The lowest BCUT2D eigenvalue weighted by molar-refractivity contribution is -0.193. The van der Waals surface area contributed by atoms with Gasteiger partial charge in [0.05, 0.1) is 12.4 Å². The first kappa shape index (κ1) is 21.8. The van der Waals surface area contributed by atoms with Crippen molar-refractivity contribution in [2.75, 3.05) is 30.4 Å². The quantitative estimate of drug-likeness (QED) is 0.390. The van der Waals surface area contributed by atoms with Crippen molar-refractivity contribution in [3.05, 3.63) is 12.7 Å². The average molecular weight is 436 g/mol. The minimum atomic E-state index is -0.647. The van der Waals surface area contributed by atoms with Gasteiger partial charge < -0.3 is 29.8 Å². The van der Waals surface area contributed by atoms with Crippen LogP contribution in [0.5, 0.6) is 0 Å². The van der Waals surface area contributed by atoms with Gasteiger partial charge in [-0.1, -0.05) is 0 Å². The molecule has 0 aromatic carbocycles. The zero-order valence-corrected chi connectivity index (χ0v) is 18.6. The molecule has 2 aliphatic rings. The standard InChI is InChI=1S/C18H29BN6O4S/c1-18(2)28-13-11(8-30-4)27-17(14(13)29-18)25-10-23-12-15(21-9-22-16(12)25)20-6-5-7-24-19(3)26/h9-11,13-14,17,24,26H,5-8H2,1-4H3,(H,20,21,22)/t11-,13-,14-,17-/m1/s1. The van der Waals surface area contributed by atoms with Gasteiger partial charge in [0.25, 0.3) is 0 Å². The summed E-state index contributed by atoms with van der Waals surface area (Å²) in [7, 11) is -0.511. The topological polar surface area (TPSA) is 116 Å². The summed E-state index contributed by atoms with van der Waals surface area (Å²) in [6.07, 6.45) is 5.37. The Bertz CT molecular complexity index is 868. The number of fused-ring (bicyclic) bond motifs is 2. The molecule has 10 nitrogen and oxygen atoms in total. The number of nitrogens with one attached hydrogen (secondary N) is 2. The van der Waals surface area contributed by atoms with E-state index in [1.54, 1.807) is 24.9 Å². The predicted octanol–water partition coefficient (Wildman–Crippen LogP) is 1.11. The maximum absolute atomic E-state index is 9.27. The fourth-order valence-corrected chi connectivity index (χ4v) is 4.55. The van der Waals surface area contributed by atoms with Crippen molar-refractivity contribution < 1.29 is 19.2 Å². The molecule has 0 saturated carbocycles. The molecule has 0 amide bonds. The molecule has 4 heterocycles. The van der Waals surface area contributed by atoms with Crippen molar-refractivity contribution in [1.82, 2.24) is 24.7 Å². The van der Waals surface area contributed by atoms with Gasteiger partial charge in [-0.25, -0.2) is 15.0 Å². The molecule has 2 fully saturated rings. The first-order valence-corrected chi connectivity index (χ1v) is 11.6. The fraction of sp³-hybridized carbons (Fsp3) is 0.722. The normalized spacial score (nSPS) is 27.5. The summed E-state index contributed by atoms with van der Waals surface area (Å²) in [5.74, 6) is 0.855. The maximum atomic E-state index is 9.27. The lowest BCUT2D eigenvalue weighted by atomic mass is 9.89. The Kier molecular flexibility index (Phi) is 6.51. The van der Waals surface area contributed by atoms with Crippen molar-refractivity contribution in [2.24, 2.45) is 0 Å². The molecular weight excluding hydrogens is 407 g/mol. The van der Waals surface area contributed by atoms with Crippen LogP contribution in [0.4, 0.5) is 5.82 Å². The van der Waals surface area contributed by atoms with Gasteiger partial charge >= 0.3 is 7.05 Å². The van der Waals surface area contributed by atoms with E-state index in [0.717, 1.165) is 12.2 Å². The van der Waals surface area contributed by atoms with E-state index in [2.05, 4.69) is 31.8 Å². The molecule has 2 saturated heterocycles.